The van der Waals surface area contributed by atoms with Gasteiger partial charge in [0.05, 0.1) is 12.1 Å². The van der Waals surface area contributed by atoms with E-state index in [1.807, 2.05) is 49.6 Å². The van der Waals surface area contributed by atoms with Crippen LogP contribution in [0.3, 0.4) is 0 Å². The number of thiazole rings is 1. The molecule has 1 heterocycles. The summed E-state index contributed by atoms with van der Waals surface area (Å²) in [6.07, 6.45) is 1.36. The normalized spacial score (nSPS) is 12.3. The Labute approximate surface area is 112 Å². The minimum absolute atomic E-state index is 0.133. The van der Waals surface area contributed by atoms with Gasteiger partial charge in [-0.25, -0.2) is 4.98 Å². The highest BCUT2D eigenvalue weighted by atomic mass is 32.1. The van der Waals surface area contributed by atoms with Gasteiger partial charge in [0.25, 0.3) is 0 Å². The van der Waals surface area contributed by atoms with E-state index in [0.717, 1.165) is 22.7 Å². The summed E-state index contributed by atoms with van der Waals surface area (Å²) < 4.78 is 0. The lowest BCUT2D eigenvalue weighted by molar-refractivity contribution is -0.121. The highest BCUT2D eigenvalue weighted by Crippen LogP contribution is 2.22. The fraction of sp³-hybridized carbons (Fsp3) is 0.333. The molecule has 1 atom stereocenters. The predicted octanol–water partition coefficient (Wildman–Crippen LogP) is 3.97. The minimum atomic E-state index is 0.133. The van der Waals surface area contributed by atoms with Crippen LogP contribution < -0.4 is 0 Å². The Morgan fingerprint density at radius 3 is 2.72 bits per heavy atom. The van der Waals surface area contributed by atoms with Gasteiger partial charge in [-0.1, -0.05) is 44.2 Å². The first-order chi connectivity index (χ1) is 8.70. The summed E-state index contributed by atoms with van der Waals surface area (Å²) in [6, 6.07) is 10.1. The van der Waals surface area contributed by atoms with E-state index in [4.69, 9.17) is 0 Å². The second-order valence-corrected chi connectivity index (χ2v) is 5.39. The molecule has 2 aromatic rings. The van der Waals surface area contributed by atoms with Crippen molar-refractivity contribution in [2.45, 2.75) is 26.7 Å². The van der Waals surface area contributed by atoms with E-state index in [1.54, 1.807) is 11.3 Å². The van der Waals surface area contributed by atoms with Crippen LogP contribution in [0.5, 0.6) is 0 Å². The van der Waals surface area contributed by atoms with Crippen LogP contribution >= 0.6 is 11.3 Å². The van der Waals surface area contributed by atoms with Crippen LogP contribution in [0.2, 0.25) is 0 Å². The summed E-state index contributed by atoms with van der Waals surface area (Å²) >= 11 is 1.57. The monoisotopic (exact) mass is 259 g/mol. The molecule has 0 N–H and O–H groups in total. The van der Waals surface area contributed by atoms with Gasteiger partial charge in [0.2, 0.25) is 0 Å². The van der Waals surface area contributed by atoms with E-state index in [9.17, 15) is 4.79 Å². The molecule has 0 amide bonds. The summed E-state index contributed by atoms with van der Waals surface area (Å²) in [7, 11) is 0. The molecule has 3 heteroatoms. The van der Waals surface area contributed by atoms with Crippen molar-refractivity contribution in [3.05, 3.63) is 40.7 Å². The third-order valence-electron chi connectivity index (χ3n) is 3.11. The van der Waals surface area contributed by atoms with Crippen molar-refractivity contribution in [1.82, 2.24) is 4.98 Å². The standard InChI is InChI=1S/C15H17NOS/c1-3-11(2)14(17)9-15-16-13(10-18-15)12-7-5-4-6-8-12/h4-8,10-11H,3,9H2,1-2H3. The molecule has 18 heavy (non-hydrogen) atoms. The maximum absolute atomic E-state index is 11.9. The number of ketones is 1. The van der Waals surface area contributed by atoms with Crippen LogP contribution in [0.15, 0.2) is 35.7 Å². The second kappa shape index (κ2) is 5.91. The molecule has 0 aliphatic heterocycles. The highest BCUT2D eigenvalue weighted by molar-refractivity contribution is 7.10. The number of Topliss-reactive ketones (excluding diaryl/α,β-unsaturated/α-hetero) is 1. The van der Waals surface area contributed by atoms with E-state index >= 15 is 0 Å². The van der Waals surface area contributed by atoms with E-state index in [1.165, 1.54) is 0 Å². The highest BCUT2D eigenvalue weighted by Gasteiger charge is 2.13. The maximum atomic E-state index is 11.9. The number of hydrogen-bond acceptors (Lipinski definition) is 3. The molecule has 0 bridgehead atoms. The van der Waals surface area contributed by atoms with Crippen molar-refractivity contribution in [3.8, 4) is 11.3 Å². The summed E-state index contributed by atoms with van der Waals surface area (Å²) in [5.74, 6) is 0.417. The van der Waals surface area contributed by atoms with Crippen molar-refractivity contribution >= 4 is 17.1 Å². The van der Waals surface area contributed by atoms with Gasteiger partial charge in [-0.15, -0.1) is 11.3 Å². The van der Waals surface area contributed by atoms with Crippen LogP contribution in [-0.4, -0.2) is 10.8 Å². The molecule has 94 valence electrons. The minimum Gasteiger partial charge on any atom is -0.299 e. The van der Waals surface area contributed by atoms with Crippen molar-refractivity contribution in [1.29, 1.82) is 0 Å². The topological polar surface area (TPSA) is 30.0 Å². The first-order valence-corrected chi connectivity index (χ1v) is 7.11. The molecular weight excluding hydrogens is 242 g/mol. The molecule has 0 radical (unpaired) electrons. The van der Waals surface area contributed by atoms with Crippen LogP contribution in [0.4, 0.5) is 0 Å². The molecule has 0 saturated heterocycles. The zero-order valence-electron chi connectivity index (χ0n) is 10.7. The van der Waals surface area contributed by atoms with Gasteiger partial charge in [-0.3, -0.25) is 4.79 Å². The number of aromatic nitrogens is 1. The Kier molecular flexibility index (Phi) is 4.26. The Bertz CT molecular complexity index is 518. The average molecular weight is 259 g/mol. The van der Waals surface area contributed by atoms with E-state index in [-0.39, 0.29) is 11.7 Å². The van der Waals surface area contributed by atoms with Gasteiger partial charge in [0, 0.05) is 16.9 Å². The zero-order valence-corrected chi connectivity index (χ0v) is 11.5. The summed E-state index contributed by atoms with van der Waals surface area (Å²) in [4.78, 5) is 16.4. The van der Waals surface area contributed by atoms with Crippen molar-refractivity contribution in [2.75, 3.05) is 0 Å². The predicted molar refractivity (Wildman–Crippen MR) is 75.7 cm³/mol. The lowest BCUT2D eigenvalue weighted by Gasteiger charge is -2.04. The SMILES string of the molecule is CCC(C)C(=O)Cc1nc(-c2ccccc2)cs1. The van der Waals surface area contributed by atoms with Gasteiger partial charge < -0.3 is 0 Å². The Hall–Kier alpha value is -1.48. The first-order valence-electron chi connectivity index (χ1n) is 6.23. The number of benzene rings is 1. The first kappa shape index (κ1) is 13.0. The Morgan fingerprint density at radius 2 is 2.06 bits per heavy atom. The maximum Gasteiger partial charge on any atom is 0.142 e. The molecule has 2 rings (SSSR count). The average Bonchev–Trinajstić information content (AvgIpc) is 2.87. The van der Waals surface area contributed by atoms with Crippen LogP contribution in [0, 0.1) is 5.92 Å². The molecule has 0 saturated carbocycles. The molecule has 2 nitrogen and oxygen atoms in total. The molecule has 0 aliphatic carbocycles. The van der Waals surface area contributed by atoms with E-state index in [2.05, 4.69) is 4.98 Å². The van der Waals surface area contributed by atoms with Crippen molar-refractivity contribution < 1.29 is 4.79 Å². The number of hydrogen-bond donors (Lipinski definition) is 0. The molecule has 0 spiro atoms. The lowest BCUT2D eigenvalue weighted by Crippen LogP contribution is -2.12. The van der Waals surface area contributed by atoms with Crippen molar-refractivity contribution in [2.24, 2.45) is 5.92 Å². The van der Waals surface area contributed by atoms with Crippen molar-refractivity contribution in [3.63, 3.8) is 0 Å². The molecule has 1 aromatic heterocycles. The Morgan fingerprint density at radius 1 is 1.33 bits per heavy atom. The third-order valence-corrected chi connectivity index (χ3v) is 3.96. The van der Waals surface area contributed by atoms with E-state index in [0.29, 0.717) is 6.42 Å². The lowest BCUT2D eigenvalue weighted by atomic mass is 10.0. The van der Waals surface area contributed by atoms with Gasteiger partial charge >= 0.3 is 0 Å². The molecule has 1 unspecified atom stereocenters. The summed E-state index contributed by atoms with van der Waals surface area (Å²) in [5, 5.41) is 2.94. The van der Waals surface area contributed by atoms with Gasteiger partial charge in [0.15, 0.2) is 0 Å². The molecule has 0 aliphatic rings. The second-order valence-electron chi connectivity index (χ2n) is 4.44. The van der Waals surface area contributed by atoms with E-state index < -0.39 is 0 Å². The summed E-state index contributed by atoms with van der Waals surface area (Å²) in [6.45, 7) is 4.02. The van der Waals surface area contributed by atoms with Gasteiger partial charge in [-0.05, 0) is 6.42 Å². The van der Waals surface area contributed by atoms with Crippen LogP contribution in [-0.2, 0) is 11.2 Å². The molecular formula is C15H17NOS. The quantitative estimate of drug-likeness (QED) is 0.813. The third kappa shape index (κ3) is 3.05. The van der Waals surface area contributed by atoms with Crippen LogP contribution in [0.1, 0.15) is 25.3 Å². The largest absolute Gasteiger partial charge is 0.299 e. The fourth-order valence-electron chi connectivity index (χ4n) is 1.68. The van der Waals surface area contributed by atoms with Gasteiger partial charge in [-0.2, -0.15) is 0 Å². The fourth-order valence-corrected chi connectivity index (χ4v) is 2.50. The summed E-state index contributed by atoms with van der Waals surface area (Å²) in [5.41, 5.74) is 2.07. The Balaban J connectivity index is 2.10. The smallest absolute Gasteiger partial charge is 0.142 e. The number of carbonyl (C=O) groups is 1. The van der Waals surface area contributed by atoms with Crippen LogP contribution in [0.25, 0.3) is 11.3 Å². The number of carbonyl (C=O) groups excluding carboxylic acids is 1. The number of nitrogens with zero attached hydrogens (tertiary/aromatic N) is 1. The van der Waals surface area contributed by atoms with Gasteiger partial charge in [0.1, 0.15) is 10.8 Å². The number of rotatable bonds is 5. The molecule has 1 aromatic carbocycles. The molecule has 0 fully saturated rings. The zero-order chi connectivity index (χ0) is 13.0.